The molecule has 1 saturated heterocycles. The Morgan fingerprint density at radius 3 is 2.89 bits per heavy atom. The van der Waals surface area contributed by atoms with Crippen LogP contribution in [0.1, 0.15) is 35.9 Å². The third kappa shape index (κ3) is 2.48. The number of aryl methyl sites for hydroxylation is 2. The van der Waals surface area contributed by atoms with Crippen molar-refractivity contribution in [2.75, 3.05) is 18.0 Å². The molecule has 1 aromatic heterocycles. The number of amides is 1. The Hall–Kier alpha value is -1.17. The minimum atomic E-state index is -0.135. The van der Waals surface area contributed by atoms with Gasteiger partial charge in [-0.1, -0.05) is 0 Å². The quantitative estimate of drug-likeness (QED) is 0.867. The van der Waals surface area contributed by atoms with Gasteiger partial charge in [0.05, 0.1) is 11.4 Å². The molecule has 0 aromatic carbocycles. The molecule has 1 fully saturated rings. The van der Waals surface area contributed by atoms with Crippen LogP contribution in [-0.2, 0) is 7.05 Å². The van der Waals surface area contributed by atoms with Crippen molar-refractivity contribution in [3.63, 3.8) is 0 Å². The molecule has 1 amide bonds. The summed E-state index contributed by atoms with van der Waals surface area (Å²) in [7, 11) is 1.74. The van der Waals surface area contributed by atoms with E-state index in [1.54, 1.807) is 18.7 Å². The molecule has 5 nitrogen and oxygen atoms in total. The van der Waals surface area contributed by atoms with Gasteiger partial charge in [-0.25, -0.2) is 0 Å². The van der Waals surface area contributed by atoms with Crippen molar-refractivity contribution in [1.29, 1.82) is 0 Å². The van der Waals surface area contributed by atoms with Crippen molar-refractivity contribution in [3.8, 4) is 0 Å². The maximum Gasteiger partial charge on any atom is 0.271 e. The summed E-state index contributed by atoms with van der Waals surface area (Å²) >= 11 is 1.93. The van der Waals surface area contributed by atoms with E-state index in [9.17, 15) is 4.79 Å². The van der Waals surface area contributed by atoms with Gasteiger partial charge in [-0.3, -0.25) is 9.48 Å². The van der Waals surface area contributed by atoms with Crippen LogP contribution in [-0.4, -0.2) is 32.7 Å². The fourth-order valence-corrected chi connectivity index (χ4v) is 3.52. The van der Waals surface area contributed by atoms with E-state index >= 15 is 0 Å². The largest absolute Gasteiger partial charge is 0.395 e. The van der Waals surface area contributed by atoms with Crippen LogP contribution in [0.15, 0.2) is 0 Å². The lowest BCUT2D eigenvalue weighted by molar-refractivity contribution is 0.0941. The van der Waals surface area contributed by atoms with Gasteiger partial charge in [-0.05, 0) is 32.4 Å². The molecule has 1 unspecified atom stereocenters. The molecular weight excluding hydrogens is 248 g/mol. The van der Waals surface area contributed by atoms with E-state index in [2.05, 4.69) is 17.3 Å². The Morgan fingerprint density at radius 2 is 2.39 bits per heavy atom. The first-order chi connectivity index (χ1) is 8.43. The number of rotatable bonds is 3. The zero-order valence-corrected chi connectivity index (χ0v) is 11.9. The minimum absolute atomic E-state index is 0.135. The van der Waals surface area contributed by atoms with Crippen molar-refractivity contribution in [1.82, 2.24) is 15.1 Å². The number of nitrogens with one attached hydrogen (secondary N) is 1. The van der Waals surface area contributed by atoms with Gasteiger partial charge in [0.15, 0.2) is 0 Å². The van der Waals surface area contributed by atoms with Crippen LogP contribution >= 0.6 is 11.8 Å². The minimum Gasteiger partial charge on any atom is -0.395 e. The molecular formula is C12H20N4OS. The summed E-state index contributed by atoms with van der Waals surface area (Å²) in [6.45, 7) is 4.68. The molecule has 1 aliphatic heterocycles. The van der Waals surface area contributed by atoms with E-state index in [4.69, 9.17) is 5.73 Å². The van der Waals surface area contributed by atoms with E-state index in [-0.39, 0.29) is 10.7 Å². The van der Waals surface area contributed by atoms with Crippen molar-refractivity contribution >= 4 is 23.4 Å². The third-order valence-electron chi connectivity index (χ3n) is 3.41. The average Bonchev–Trinajstić information content (AvgIpc) is 2.83. The van der Waals surface area contributed by atoms with Crippen LogP contribution in [0, 0.1) is 6.92 Å². The first-order valence-corrected chi connectivity index (χ1v) is 7.13. The van der Waals surface area contributed by atoms with Gasteiger partial charge in [0.25, 0.3) is 5.91 Å². The van der Waals surface area contributed by atoms with Gasteiger partial charge in [0.2, 0.25) is 0 Å². The van der Waals surface area contributed by atoms with Crippen LogP contribution < -0.4 is 11.1 Å². The van der Waals surface area contributed by atoms with Crippen LogP contribution in [0.25, 0.3) is 0 Å². The zero-order chi connectivity index (χ0) is 13.3. The summed E-state index contributed by atoms with van der Waals surface area (Å²) in [6.07, 6.45) is 2.38. The highest BCUT2D eigenvalue weighted by molar-refractivity contribution is 8.00. The molecule has 2 heterocycles. The number of nitrogens with zero attached hydrogens (tertiary/aromatic N) is 2. The maximum absolute atomic E-state index is 12.1. The number of carbonyl (C=O) groups is 1. The third-order valence-corrected chi connectivity index (χ3v) is 4.95. The summed E-state index contributed by atoms with van der Waals surface area (Å²) in [5.74, 6) is 1.05. The van der Waals surface area contributed by atoms with Crippen LogP contribution in [0.5, 0.6) is 0 Å². The van der Waals surface area contributed by atoms with E-state index < -0.39 is 0 Å². The highest BCUT2D eigenvalue weighted by atomic mass is 32.2. The van der Waals surface area contributed by atoms with Gasteiger partial charge in [0.1, 0.15) is 5.69 Å². The lowest BCUT2D eigenvalue weighted by Crippen LogP contribution is -2.37. The molecule has 2 rings (SSSR count). The van der Waals surface area contributed by atoms with Crippen molar-refractivity contribution < 1.29 is 4.79 Å². The molecule has 0 bridgehead atoms. The number of thioether (sulfide) groups is 1. The number of nitrogens with two attached hydrogens (primary N) is 1. The zero-order valence-electron chi connectivity index (χ0n) is 11.1. The van der Waals surface area contributed by atoms with Crippen molar-refractivity contribution in [2.24, 2.45) is 7.05 Å². The van der Waals surface area contributed by atoms with Crippen molar-refractivity contribution in [3.05, 3.63) is 11.4 Å². The van der Waals surface area contributed by atoms with E-state index in [1.807, 2.05) is 11.8 Å². The first-order valence-electron chi connectivity index (χ1n) is 6.14. The summed E-state index contributed by atoms with van der Waals surface area (Å²) in [5.41, 5.74) is 7.50. The molecule has 0 radical (unpaired) electrons. The number of nitrogen functional groups attached to an aromatic ring is 1. The Kier molecular flexibility index (Phi) is 3.56. The molecule has 3 N–H and O–H groups in total. The second-order valence-corrected chi connectivity index (χ2v) is 6.74. The fourth-order valence-electron chi connectivity index (χ4n) is 2.27. The second-order valence-electron chi connectivity index (χ2n) is 5.06. The van der Waals surface area contributed by atoms with Gasteiger partial charge in [-0.15, -0.1) is 0 Å². The van der Waals surface area contributed by atoms with Crippen LogP contribution in [0.2, 0.25) is 0 Å². The van der Waals surface area contributed by atoms with E-state index in [0.29, 0.717) is 23.6 Å². The lowest BCUT2D eigenvalue weighted by atomic mass is 10.1. The Labute approximate surface area is 111 Å². The molecule has 0 saturated carbocycles. The molecule has 0 spiro atoms. The Balaban J connectivity index is 2.04. The number of carbonyl (C=O) groups excluding carboxylic acids is 1. The fraction of sp³-hybridized carbons (Fsp3) is 0.667. The topological polar surface area (TPSA) is 72.9 Å². The van der Waals surface area contributed by atoms with Crippen LogP contribution in [0.4, 0.5) is 5.69 Å². The van der Waals surface area contributed by atoms with E-state index in [1.165, 1.54) is 12.2 Å². The predicted octanol–water partition coefficient (Wildman–Crippen LogP) is 1.33. The van der Waals surface area contributed by atoms with Gasteiger partial charge in [0, 0.05) is 18.3 Å². The molecule has 18 heavy (non-hydrogen) atoms. The maximum atomic E-state index is 12.1. The summed E-state index contributed by atoms with van der Waals surface area (Å²) in [4.78, 5) is 12.1. The molecule has 100 valence electrons. The smallest absolute Gasteiger partial charge is 0.271 e. The Bertz CT molecular complexity index is 463. The number of hydrogen-bond acceptors (Lipinski definition) is 4. The second kappa shape index (κ2) is 4.84. The summed E-state index contributed by atoms with van der Waals surface area (Å²) in [6, 6.07) is 0. The van der Waals surface area contributed by atoms with E-state index in [0.717, 1.165) is 6.42 Å². The number of anilines is 1. The lowest BCUT2D eigenvalue weighted by Gasteiger charge is -2.22. The normalized spacial score (nSPS) is 23.3. The Morgan fingerprint density at radius 1 is 1.67 bits per heavy atom. The van der Waals surface area contributed by atoms with Crippen molar-refractivity contribution in [2.45, 2.75) is 31.4 Å². The summed E-state index contributed by atoms with van der Waals surface area (Å²) < 4.78 is 1.71. The monoisotopic (exact) mass is 268 g/mol. The molecule has 1 atom stereocenters. The molecule has 0 aliphatic carbocycles. The highest BCUT2D eigenvalue weighted by Gasteiger charge is 2.30. The number of hydrogen-bond donors (Lipinski definition) is 2. The standard InChI is InChI=1S/C12H20N4OS/c1-8-9(13)10(16(3)15-8)11(17)14-7-12(2)5-4-6-18-12/h4-7,13H2,1-3H3,(H,14,17). The number of aromatic nitrogens is 2. The van der Waals surface area contributed by atoms with Crippen LogP contribution in [0.3, 0.4) is 0 Å². The molecule has 1 aliphatic rings. The predicted molar refractivity (Wildman–Crippen MR) is 74.8 cm³/mol. The first kappa shape index (κ1) is 13.3. The van der Waals surface area contributed by atoms with Gasteiger partial charge < -0.3 is 11.1 Å². The average molecular weight is 268 g/mol. The highest BCUT2D eigenvalue weighted by Crippen LogP contribution is 2.37. The SMILES string of the molecule is Cc1nn(C)c(C(=O)NCC2(C)CCCS2)c1N. The molecule has 1 aromatic rings. The summed E-state index contributed by atoms with van der Waals surface area (Å²) in [5, 5.41) is 7.13. The van der Waals surface area contributed by atoms with Gasteiger partial charge in [-0.2, -0.15) is 16.9 Å². The molecule has 6 heteroatoms. The van der Waals surface area contributed by atoms with Gasteiger partial charge >= 0.3 is 0 Å².